The molecule has 1 N–H and O–H groups in total. The lowest BCUT2D eigenvalue weighted by molar-refractivity contribution is 0.204. The molecule has 144 valence electrons. The van der Waals surface area contributed by atoms with E-state index in [0.29, 0.717) is 36.0 Å². The molecule has 9 heteroatoms. The molecule has 0 bridgehead atoms. The maximum Gasteiger partial charge on any atom is 0.245 e. The highest BCUT2D eigenvalue weighted by Gasteiger charge is 2.37. The van der Waals surface area contributed by atoms with Crippen LogP contribution in [0.25, 0.3) is 0 Å². The number of likely N-dealkylation sites (N-methyl/N-ethyl adjacent to an activating group) is 1. The number of hydrogen-bond donors (Lipinski definition) is 1. The normalized spacial score (nSPS) is 19.7. The first kappa shape index (κ1) is 20.8. The van der Waals surface area contributed by atoms with E-state index in [1.807, 2.05) is 14.0 Å². The first-order valence-corrected chi connectivity index (χ1v) is 10.0. The van der Waals surface area contributed by atoms with Gasteiger partial charge in [0.1, 0.15) is 6.04 Å². The number of aromatic nitrogens is 2. The molecule has 0 saturated carbocycles. The van der Waals surface area contributed by atoms with Crippen molar-refractivity contribution in [2.24, 2.45) is 0 Å². The number of hydrogen-bond acceptors (Lipinski definition) is 6. The van der Waals surface area contributed by atoms with Crippen molar-refractivity contribution >= 4 is 22.4 Å². The number of rotatable bonds is 6. The highest BCUT2D eigenvalue weighted by Crippen LogP contribution is 2.34. The van der Waals surface area contributed by atoms with E-state index in [1.54, 1.807) is 30.3 Å². The predicted octanol–water partition coefficient (Wildman–Crippen LogP) is 2.56. The summed E-state index contributed by atoms with van der Waals surface area (Å²) < 4.78 is 33.0. The van der Waals surface area contributed by atoms with Crippen LogP contribution in [0.4, 0.5) is 0 Å². The van der Waals surface area contributed by atoms with Gasteiger partial charge in [-0.2, -0.15) is 9.29 Å². The van der Waals surface area contributed by atoms with Crippen LogP contribution in [0.15, 0.2) is 39.8 Å². The number of piperidine rings is 1. The van der Waals surface area contributed by atoms with Crippen molar-refractivity contribution in [2.75, 3.05) is 13.6 Å². The van der Waals surface area contributed by atoms with E-state index in [9.17, 15) is 8.42 Å². The van der Waals surface area contributed by atoms with E-state index in [0.717, 1.165) is 12.8 Å². The van der Waals surface area contributed by atoms with Gasteiger partial charge in [-0.25, -0.2) is 8.42 Å². The summed E-state index contributed by atoms with van der Waals surface area (Å²) in [5, 5.41) is 7.15. The van der Waals surface area contributed by atoms with Crippen molar-refractivity contribution < 1.29 is 12.9 Å². The van der Waals surface area contributed by atoms with Gasteiger partial charge in [0.25, 0.3) is 0 Å². The summed E-state index contributed by atoms with van der Waals surface area (Å²) in [6, 6.07) is 8.33. The Balaban J connectivity index is 0.00000243. The fourth-order valence-corrected chi connectivity index (χ4v) is 4.70. The Morgan fingerprint density at radius 2 is 2.04 bits per heavy atom. The lowest BCUT2D eigenvalue weighted by atomic mass is 10.1. The maximum absolute atomic E-state index is 13.0. The fourth-order valence-electron chi connectivity index (χ4n) is 3.03. The van der Waals surface area contributed by atoms with Crippen LogP contribution >= 0.6 is 12.4 Å². The lowest BCUT2D eigenvalue weighted by Gasteiger charge is -2.32. The summed E-state index contributed by atoms with van der Waals surface area (Å²) in [7, 11) is -1.71. The van der Waals surface area contributed by atoms with Crippen molar-refractivity contribution in [2.45, 2.75) is 49.6 Å². The molecule has 3 rings (SSSR count). The van der Waals surface area contributed by atoms with Gasteiger partial charge in [-0.3, -0.25) is 0 Å². The summed E-state index contributed by atoms with van der Waals surface area (Å²) in [6.07, 6.45) is 3.10. The number of nitrogens with one attached hydrogen (secondary N) is 1. The molecule has 0 amide bonds. The molecule has 26 heavy (non-hydrogen) atoms. The Morgan fingerprint density at radius 3 is 2.73 bits per heavy atom. The van der Waals surface area contributed by atoms with Gasteiger partial charge in [0.05, 0.1) is 4.90 Å². The minimum absolute atomic E-state index is 0. The topological polar surface area (TPSA) is 88.3 Å². The zero-order valence-electron chi connectivity index (χ0n) is 15.0. The summed E-state index contributed by atoms with van der Waals surface area (Å²) in [5.74, 6) is 0.983. The largest absolute Gasteiger partial charge is 0.338 e. The van der Waals surface area contributed by atoms with Crippen LogP contribution in [0.5, 0.6) is 0 Å². The molecule has 1 aromatic carbocycles. The third-order valence-corrected chi connectivity index (χ3v) is 6.48. The molecule has 2 atom stereocenters. The van der Waals surface area contributed by atoms with Crippen molar-refractivity contribution in [3.05, 3.63) is 42.0 Å². The smallest absolute Gasteiger partial charge is 0.245 e. The second-order valence-electron chi connectivity index (χ2n) is 6.38. The number of benzene rings is 1. The monoisotopic (exact) mass is 400 g/mol. The van der Waals surface area contributed by atoms with Gasteiger partial charge in [-0.05, 0) is 38.9 Å². The fraction of sp³-hybridized carbons (Fsp3) is 0.529. The number of nitrogens with zero attached hydrogens (tertiary/aromatic N) is 3. The van der Waals surface area contributed by atoms with Crippen LogP contribution in [0.2, 0.25) is 0 Å². The standard InChI is InChI=1S/C17H24N4O3S.ClH/c1-13(18-2)12-16-19-17(24-20-16)15-10-6-7-11-21(15)25(22,23)14-8-4-3-5-9-14;/h3-5,8-9,13,15,18H,6-7,10-12H2,1-2H3;1H. The minimum Gasteiger partial charge on any atom is -0.338 e. The quantitative estimate of drug-likeness (QED) is 0.801. The molecule has 1 aliphatic heterocycles. The highest BCUT2D eigenvalue weighted by molar-refractivity contribution is 7.89. The molecule has 0 aliphatic carbocycles. The second-order valence-corrected chi connectivity index (χ2v) is 8.27. The SMILES string of the molecule is CNC(C)Cc1noc(C2CCCCN2S(=O)(=O)c2ccccc2)n1.Cl. The zero-order valence-corrected chi connectivity index (χ0v) is 16.6. The van der Waals surface area contributed by atoms with Gasteiger partial charge >= 0.3 is 0 Å². The summed E-state index contributed by atoms with van der Waals surface area (Å²) in [4.78, 5) is 4.75. The van der Waals surface area contributed by atoms with E-state index in [1.165, 1.54) is 4.31 Å². The van der Waals surface area contributed by atoms with Gasteiger partial charge in [-0.1, -0.05) is 29.8 Å². The maximum atomic E-state index is 13.0. The van der Waals surface area contributed by atoms with Gasteiger partial charge in [0, 0.05) is 19.0 Å². The predicted molar refractivity (Wildman–Crippen MR) is 101 cm³/mol. The average molecular weight is 401 g/mol. The van der Waals surface area contributed by atoms with Crippen LogP contribution in [0, 0.1) is 0 Å². The van der Waals surface area contributed by atoms with Crippen molar-refractivity contribution in [3.63, 3.8) is 0 Å². The Labute approximate surface area is 160 Å². The molecule has 1 aromatic heterocycles. The average Bonchev–Trinajstić information content (AvgIpc) is 3.10. The Morgan fingerprint density at radius 1 is 1.31 bits per heavy atom. The van der Waals surface area contributed by atoms with E-state index >= 15 is 0 Å². The Kier molecular flexibility index (Phi) is 7.16. The van der Waals surface area contributed by atoms with Crippen LogP contribution in [-0.4, -0.2) is 42.5 Å². The molecule has 2 heterocycles. The van der Waals surface area contributed by atoms with Crippen LogP contribution in [0.3, 0.4) is 0 Å². The highest BCUT2D eigenvalue weighted by atomic mass is 35.5. The Hall–Kier alpha value is -1.48. The number of halogens is 1. The van der Waals surface area contributed by atoms with E-state index < -0.39 is 16.1 Å². The van der Waals surface area contributed by atoms with Gasteiger partial charge in [0.15, 0.2) is 5.82 Å². The molecule has 1 aliphatic rings. The van der Waals surface area contributed by atoms with E-state index in [2.05, 4.69) is 15.5 Å². The second kappa shape index (κ2) is 8.94. The third kappa shape index (κ3) is 4.43. The summed E-state index contributed by atoms with van der Waals surface area (Å²) >= 11 is 0. The molecule has 7 nitrogen and oxygen atoms in total. The zero-order chi connectivity index (χ0) is 17.9. The molecule has 2 aromatic rings. The molecule has 0 spiro atoms. The van der Waals surface area contributed by atoms with Crippen molar-refractivity contribution in [3.8, 4) is 0 Å². The first-order valence-electron chi connectivity index (χ1n) is 8.59. The van der Waals surface area contributed by atoms with Crippen LogP contribution in [0.1, 0.15) is 43.9 Å². The number of sulfonamides is 1. The lowest BCUT2D eigenvalue weighted by Crippen LogP contribution is -2.38. The first-order chi connectivity index (χ1) is 12.0. The molecular formula is C17H25ClN4O3S. The van der Waals surface area contributed by atoms with E-state index in [-0.39, 0.29) is 18.4 Å². The molecular weight excluding hydrogens is 376 g/mol. The third-order valence-electron chi connectivity index (χ3n) is 4.55. The molecule has 1 fully saturated rings. The van der Waals surface area contributed by atoms with Gasteiger partial charge in [-0.15, -0.1) is 12.4 Å². The van der Waals surface area contributed by atoms with Crippen molar-refractivity contribution in [1.82, 2.24) is 19.8 Å². The summed E-state index contributed by atoms with van der Waals surface area (Å²) in [6.45, 7) is 2.50. The van der Waals surface area contributed by atoms with Crippen molar-refractivity contribution in [1.29, 1.82) is 0 Å². The van der Waals surface area contributed by atoms with Gasteiger partial charge < -0.3 is 9.84 Å². The minimum atomic E-state index is -3.58. The van der Waals surface area contributed by atoms with Gasteiger partial charge in [0.2, 0.25) is 15.9 Å². The van der Waals surface area contributed by atoms with E-state index in [4.69, 9.17) is 4.52 Å². The summed E-state index contributed by atoms with van der Waals surface area (Å²) in [5.41, 5.74) is 0. The van der Waals surface area contributed by atoms with Crippen LogP contribution in [-0.2, 0) is 16.4 Å². The molecule has 0 radical (unpaired) electrons. The van der Waals surface area contributed by atoms with Crippen LogP contribution < -0.4 is 5.32 Å². The molecule has 2 unspecified atom stereocenters. The Bertz CT molecular complexity index is 797. The molecule has 1 saturated heterocycles.